The number of benzene rings is 1. The molecule has 0 radical (unpaired) electrons. The Kier molecular flexibility index (Phi) is 2.91. The Morgan fingerprint density at radius 1 is 1.18 bits per heavy atom. The zero-order valence-corrected chi connectivity index (χ0v) is 9.90. The summed E-state index contributed by atoms with van der Waals surface area (Å²) < 4.78 is 0. The quantitative estimate of drug-likeness (QED) is 0.855. The lowest BCUT2D eigenvalue weighted by molar-refractivity contribution is 0.1000. The van der Waals surface area contributed by atoms with Gasteiger partial charge in [0.1, 0.15) is 0 Å². The molecule has 1 heterocycles. The number of hydrogen-bond donors (Lipinski definition) is 1. The van der Waals surface area contributed by atoms with Crippen molar-refractivity contribution in [2.75, 3.05) is 0 Å². The molecule has 1 amide bonds. The second kappa shape index (κ2) is 4.37. The summed E-state index contributed by atoms with van der Waals surface area (Å²) in [7, 11) is 0. The molecule has 3 heteroatoms. The lowest BCUT2D eigenvalue weighted by Crippen LogP contribution is -2.15. The molecule has 0 fully saturated rings. The van der Waals surface area contributed by atoms with Gasteiger partial charge in [0, 0.05) is 5.69 Å². The average Bonchev–Trinajstić information content (AvgIpc) is 2.28. The summed E-state index contributed by atoms with van der Waals surface area (Å²) >= 11 is 0. The molecule has 0 spiro atoms. The molecule has 3 nitrogen and oxygen atoms in total. The van der Waals surface area contributed by atoms with Crippen LogP contribution in [0.3, 0.4) is 0 Å². The van der Waals surface area contributed by atoms with E-state index in [4.69, 9.17) is 5.73 Å². The van der Waals surface area contributed by atoms with Crippen molar-refractivity contribution in [3.05, 3.63) is 53.3 Å². The molecule has 0 saturated heterocycles. The maximum absolute atomic E-state index is 11.5. The van der Waals surface area contributed by atoms with E-state index in [1.807, 2.05) is 43.3 Å². The number of nitrogens with two attached hydrogens (primary N) is 1. The van der Waals surface area contributed by atoms with Gasteiger partial charge in [-0.15, -0.1) is 0 Å². The van der Waals surface area contributed by atoms with Crippen molar-refractivity contribution >= 4 is 5.91 Å². The first-order chi connectivity index (χ1) is 8.09. The monoisotopic (exact) mass is 226 g/mol. The molecule has 86 valence electrons. The normalized spacial score (nSPS) is 10.2. The molecule has 2 aromatic rings. The van der Waals surface area contributed by atoms with Crippen LogP contribution in [0.4, 0.5) is 0 Å². The van der Waals surface area contributed by atoms with E-state index < -0.39 is 5.91 Å². The zero-order valence-electron chi connectivity index (χ0n) is 9.90. The van der Waals surface area contributed by atoms with Gasteiger partial charge in [-0.25, -0.2) is 0 Å². The first-order valence-corrected chi connectivity index (χ1v) is 5.43. The fourth-order valence-electron chi connectivity index (χ4n) is 1.99. The van der Waals surface area contributed by atoms with E-state index in [1.54, 1.807) is 6.92 Å². The van der Waals surface area contributed by atoms with Crippen LogP contribution >= 0.6 is 0 Å². The fraction of sp³-hybridized carbons (Fsp3) is 0.143. The maximum Gasteiger partial charge on any atom is 0.251 e. The van der Waals surface area contributed by atoms with Gasteiger partial charge in [0.25, 0.3) is 5.91 Å². The van der Waals surface area contributed by atoms with E-state index in [2.05, 4.69) is 4.98 Å². The molecule has 0 bridgehead atoms. The first-order valence-electron chi connectivity index (χ1n) is 5.43. The predicted octanol–water partition coefficient (Wildman–Crippen LogP) is 2.46. The molecular formula is C14H14N2O. The molecular weight excluding hydrogens is 212 g/mol. The van der Waals surface area contributed by atoms with Gasteiger partial charge in [-0.2, -0.15) is 0 Å². The SMILES string of the molecule is Cc1cc(-c2ccccc2)c(C(N)=O)c(C)n1. The number of carbonyl (C=O) groups is 1. The Morgan fingerprint density at radius 3 is 2.41 bits per heavy atom. The molecule has 1 aromatic heterocycles. The summed E-state index contributed by atoms with van der Waals surface area (Å²) in [4.78, 5) is 15.8. The highest BCUT2D eigenvalue weighted by molar-refractivity contribution is 6.00. The molecule has 0 aliphatic rings. The number of rotatable bonds is 2. The third kappa shape index (κ3) is 2.18. The van der Waals surface area contributed by atoms with Crippen LogP contribution in [0, 0.1) is 13.8 Å². The third-order valence-corrected chi connectivity index (χ3v) is 2.66. The van der Waals surface area contributed by atoms with E-state index >= 15 is 0 Å². The maximum atomic E-state index is 11.5. The zero-order chi connectivity index (χ0) is 12.4. The van der Waals surface area contributed by atoms with Gasteiger partial charge in [0.05, 0.1) is 11.3 Å². The molecule has 1 aromatic carbocycles. The minimum absolute atomic E-state index is 0.436. The summed E-state index contributed by atoms with van der Waals surface area (Å²) in [5.41, 5.74) is 9.32. The fourth-order valence-corrected chi connectivity index (χ4v) is 1.99. The molecule has 2 rings (SSSR count). The lowest BCUT2D eigenvalue weighted by Gasteiger charge is -2.10. The van der Waals surface area contributed by atoms with Crippen molar-refractivity contribution in [3.63, 3.8) is 0 Å². The van der Waals surface area contributed by atoms with Crippen molar-refractivity contribution in [2.24, 2.45) is 5.73 Å². The average molecular weight is 226 g/mol. The van der Waals surface area contributed by atoms with Crippen molar-refractivity contribution in [2.45, 2.75) is 13.8 Å². The molecule has 0 unspecified atom stereocenters. The van der Waals surface area contributed by atoms with E-state index in [1.165, 1.54) is 0 Å². The number of carbonyl (C=O) groups excluding carboxylic acids is 1. The van der Waals surface area contributed by atoms with Gasteiger partial charge in [-0.3, -0.25) is 9.78 Å². The molecule has 0 saturated carbocycles. The van der Waals surface area contributed by atoms with Gasteiger partial charge < -0.3 is 5.73 Å². The number of aryl methyl sites for hydroxylation is 2. The van der Waals surface area contributed by atoms with Crippen LogP contribution in [0.25, 0.3) is 11.1 Å². The number of primary amides is 1. The number of pyridine rings is 1. The number of hydrogen-bond acceptors (Lipinski definition) is 2. The topological polar surface area (TPSA) is 56.0 Å². The van der Waals surface area contributed by atoms with Gasteiger partial charge in [-0.1, -0.05) is 30.3 Å². The molecule has 17 heavy (non-hydrogen) atoms. The Labute approximate surface area is 100 Å². The van der Waals surface area contributed by atoms with Crippen molar-refractivity contribution in [1.29, 1.82) is 0 Å². The minimum atomic E-state index is -0.436. The number of aromatic nitrogens is 1. The van der Waals surface area contributed by atoms with E-state index in [-0.39, 0.29) is 0 Å². The summed E-state index contributed by atoms with van der Waals surface area (Å²) in [5.74, 6) is -0.436. The van der Waals surface area contributed by atoms with E-state index in [0.717, 1.165) is 16.8 Å². The molecule has 2 N–H and O–H groups in total. The van der Waals surface area contributed by atoms with Crippen LogP contribution in [0.1, 0.15) is 21.7 Å². The third-order valence-electron chi connectivity index (χ3n) is 2.66. The van der Waals surface area contributed by atoms with Gasteiger partial charge in [0.2, 0.25) is 0 Å². The van der Waals surface area contributed by atoms with Crippen LogP contribution in [-0.2, 0) is 0 Å². The highest BCUT2D eigenvalue weighted by Gasteiger charge is 2.14. The van der Waals surface area contributed by atoms with Crippen LogP contribution in [0.2, 0.25) is 0 Å². The van der Waals surface area contributed by atoms with Crippen molar-refractivity contribution in [1.82, 2.24) is 4.98 Å². The highest BCUT2D eigenvalue weighted by atomic mass is 16.1. The number of nitrogens with zero attached hydrogens (tertiary/aromatic N) is 1. The Hall–Kier alpha value is -2.16. The highest BCUT2D eigenvalue weighted by Crippen LogP contribution is 2.25. The van der Waals surface area contributed by atoms with Crippen molar-refractivity contribution in [3.8, 4) is 11.1 Å². The van der Waals surface area contributed by atoms with E-state index in [9.17, 15) is 4.79 Å². The van der Waals surface area contributed by atoms with Gasteiger partial charge in [0.15, 0.2) is 0 Å². The Bertz CT molecular complexity index is 562. The number of amides is 1. The van der Waals surface area contributed by atoms with Crippen LogP contribution in [0.5, 0.6) is 0 Å². The summed E-state index contributed by atoms with van der Waals surface area (Å²) in [6.45, 7) is 3.71. The van der Waals surface area contributed by atoms with Gasteiger partial charge >= 0.3 is 0 Å². The second-order valence-electron chi connectivity index (χ2n) is 4.00. The summed E-state index contributed by atoms with van der Waals surface area (Å²) in [5, 5.41) is 0. The minimum Gasteiger partial charge on any atom is -0.366 e. The Morgan fingerprint density at radius 2 is 1.82 bits per heavy atom. The second-order valence-corrected chi connectivity index (χ2v) is 4.00. The largest absolute Gasteiger partial charge is 0.366 e. The standard InChI is InChI=1S/C14H14N2O/c1-9-8-12(11-6-4-3-5-7-11)13(14(15)17)10(2)16-9/h3-8H,1-2H3,(H2,15,17). The van der Waals surface area contributed by atoms with Crippen molar-refractivity contribution < 1.29 is 4.79 Å². The van der Waals surface area contributed by atoms with Crippen LogP contribution < -0.4 is 5.73 Å². The van der Waals surface area contributed by atoms with Crippen LogP contribution in [-0.4, -0.2) is 10.9 Å². The Balaban J connectivity index is 2.72. The molecule has 0 aliphatic heterocycles. The first kappa shape index (κ1) is 11.3. The lowest BCUT2D eigenvalue weighted by atomic mass is 9.98. The summed E-state index contributed by atoms with van der Waals surface area (Å²) in [6.07, 6.45) is 0. The van der Waals surface area contributed by atoms with E-state index in [0.29, 0.717) is 11.3 Å². The molecule has 0 atom stereocenters. The van der Waals surface area contributed by atoms with Gasteiger partial charge in [-0.05, 0) is 31.0 Å². The molecule has 0 aliphatic carbocycles. The summed E-state index contributed by atoms with van der Waals surface area (Å²) in [6, 6.07) is 11.6. The smallest absolute Gasteiger partial charge is 0.251 e. The predicted molar refractivity (Wildman–Crippen MR) is 67.7 cm³/mol. The van der Waals surface area contributed by atoms with Crippen LogP contribution in [0.15, 0.2) is 36.4 Å².